The van der Waals surface area contributed by atoms with Crippen LogP contribution in [-0.2, 0) is 11.0 Å². The van der Waals surface area contributed by atoms with Gasteiger partial charge < -0.3 is 4.90 Å². The van der Waals surface area contributed by atoms with Gasteiger partial charge in [-0.15, -0.1) is 0 Å². The highest BCUT2D eigenvalue weighted by molar-refractivity contribution is 5.73. The van der Waals surface area contributed by atoms with Crippen LogP contribution in [0.2, 0.25) is 0 Å². The van der Waals surface area contributed by atoms with Gasteiger partial charge in [0.2, 0.25) is 5.91 Å². The quantitative estimate of drug-likeness (QED) is 0.766. The summed E-state index contributed by atoms with van der Waals surface area (Å²) in [6.45, 7) is 2.90. The fourth-order valence-electron chi connectivity index (χ4n) is 2.47. The molecular formula is C14H16F3NO. The standard InChI is InChI=1S/C14H16F3NO/c1-10(19)18-8-6-12(7-9-18)11-2-4-13(5-3-11)14(15,16)17/h2-5,12H,6-9H2,1H3. The minimum Gasteiger partial charge on any atom is -0.343 e. The van der Waals surface area contributed by atoms with Crippen molar-refractivity contribution in [3.05, 3.63) is 35.4 Å². The summed E-state index contributed by atoms with van der Waals surface area (Å²) in [5, 5.41) is 0. The highest BCUT2D eigenvalue weighted by Gasteiger charge is 2.30. The maximum Gasteiger partial charge on any atom is 0.416 e. The van der Waals surface area contributed by atoms with Gasteiger partial charge in [0.05, 0.1) is 5.56 Å². The Morgan fingerprint density at radius 2 is 1.68 bits per heavy atom. The Labute approximate surface area is 110 Å². The fourth-order valence-corrected chi connectivity index (χ4v) is 2.47. The lowest BCUT2D eigenvalue weighted by molar-refractivity contribution is -0.137. The maximum absolute atomic E-state index is 12.5. The van der Waals surface area contributed by atoms with Crippen molar-refractivity contribution >= 4 is 5.91 Å². The Morgan fingerprint density at radius 1 is 1.16 bits per heavy atom. The van der Waals surface area contributed by atoms with Crippen LogP contribution >= 0.6 is 0 Å². The molecule has 1 fully saturated rings. The van der Waals surface area contributed by atoms with Crippen molar-refractivity contribution < 1.29 is 18.0 Å². The molecule has 5 heteroatoms. The largest absolute Gasteiger partial charge is 0.416 e. The van der Waals surface area contributed by atoms with Crippen molar-refractivity contribution in [3.63, 3.8) is 0 Å². The average Bonchev–Trinajstić information content (AvgIpc) is 2.38. The van der Waals surface area contributed by atoms with Gasteiger partial charge in [-0.05, 0) is 36.5 Å². The first-order valence-electron chi connectivity index (χ1n) is 6.30. The topological polar surface area (TPSA) is 20.3 Å². The van der Waals surface area contributed by atoms with Gasteiger partial charge >= 0.3 is 6.18 Å². The minimum absolute atomic E-state index is 0.0610. The van der Waals surface area contributed by atoms with Gasteiger partial charge in [0.15, 0.2) is 0 Å². The number of piperidine rings is 1. The monoisotopic (exact) mass is 271 g/mol. The Kier molecular flexibility index (Phi) is 3.83. The minimum atomic E-state index is -4.28. The Hall–Kier alpha value is -1.52. The second-order valence-electron chi connectivity index (χ2n) is 4.90. The number of alkyl halides is 3. The van der Waals surface area contributed by atoms with Crippen LogP contribution in [0.5, 0.6) is 0 Å². The van der Waals surface area contributed by atoms with Crippen molar-refractivity contribution in [2.24, 2.45) is 0 Å². The summed E-state index contributed by atoms with van der Waals surface area (Å²) >= 11 is 0. The molecule has 1 amide bonds. The zero-order valence-corrected chi connectivity index (χ0v) is 10.7. The average molecular weight is 271 g/mol. The lowest BCUT2D eigenvalue weighted by atomic mass is 9.89. The van der Waals surface area contributed by atoms with Crippen molar-refractivity contribution in [2.45, 2.75) is 31.9 Å². The Balaban J connectivity index is 2.02. The smallest absolute Gasteiger partial charge is 0.343 e. The summed E-state index contributed by atoms with van der Waals surface area (Å²) < 4.78 is 37.4. The molecule has 1 aromatic carbocycles. The van der Waals surface area contributed by atoms with E-state index in [-0.39, 0.29) is 11.8 Å². The summed E-state index contributed by atoms with van der Waals surface area (Å²) in [6.07, 6.45) is -2.66. The molecule has 0 aliphatic carbocycles. The summed E-state index contributed by atoms with van der Waals surface area (Å²) in [5.74, 6) is 0.309. The van der Waals surface area contributed by atoms with Crippen LogP contribution in [0.15, 0.2) is 24.3 Å². The molecule has 0 N–H and O–H groups in total. The third kappa shape index (κ3) is 3.28. The SMILES string of the molecule is CC(=O)N1CCC(c2ccc(C(F)(F)F)cc2)CC1. The molecule has 0 spiro atoms. The molecule has 0 atom stereocenters. The summed E-state index contributed by atoms with van der Waals surface area (Å²) in [5.41, 5.74) is 0.314. The van der Waals surface area contributed by atoms with Crippen molar-refractivity contribution in [3.8, 4) is 0 Å². The van der Waals surface area contributed by atoms with Gasteiger partial charge in [-0.1, -0.05) is 12.1 Å². The first kappa shape index (κ1) is 13.9. The zero-order valence-electron chi connectivity index (χ0n) is 10.7. The van der Waals surface area contributed by atoms with E-state index < -0.39 is 11.7 Å². The van der Waals surface area contributed by atoms with E-state index in [0.717, 1.165) is 30.5 Å². The number of likely N-dealkylation sites (tertiary alicyclic amines) is 1. The second-order valence-corrected chi connectivity index (χ2v) is 4.90. The number of nitrogens with zero attached hydrogens (tertiary/aromatic N) is 1. The molecule has 0 bridgehead atoms. The van der Waals surface area contributed by atoms with Crippen molar-refractivity contribution in [1.29, 1.82) is 0 Å². The molecule has 2 nitrogen and oxygen atoms in total. The number of hydrogen-bond donors (Lipinski definition) is 0. The van der Waals surface area contributed by atoms with Crippen LogP contribution < -0.4 is 0 Å². The van der Waals surface area contributed by atoms with Gasteiger partial charge in [0.25, 0.3) is 0 Å². The molecule has 1 saturated heterocycles. The molecule has 104 valence electrons. The van der Waals surface area contributed by atoms with Gasteiger partial charge in [-0.2, -0.15) is 13.2 Å². The van der Waals surface area contributed by atoms with Gasteiger partial charge in [-0.25, -0.2) is 0 Å². The second kappa shape index (κ2) is 5.23. The molecule has 1 aliphatic rings. The molecule has 0 radical (unpaired) electrons. The predicted molar refractivity (Wildman–Crippen MR) is 65.7 cm³/mol. The van der Waals surface area contributed by atoms with E-state index in [0.29, 0.717) is 13.1 Å². The number of amides is 1. The molecule has 1 aromatic rings. The Bertz CT molecular complexity index is 445. The first-order chi connectivity index (χ1) is 8.88. The van der Waals surface area contributed by atoms with Crippen LogP contribution in [0.1, 0.15) is 36.8 Å². The van der Waals surface area contributed by atoms with Crippen LogP contribution in [0, 0.1) is 0 Å². The van der Waals surface area contributed by atoms with Gasteiger partial charge in [-0.3, -0.25) is 4.79 Å². The number of carbonyl (C=O) groups excluding carboxylic acids is 1. The Morgan fingerprint density at radius 3 is 2.11 bits per heavy atom. The highest BCUT2D eigenvalue weighted by Crippen LogP contribution is 2.32. The summed E-state index contributed by atoms with van der Waals surface area (Å²) in [7, 11) is 0. The van der Waals surface area contributed by atoms with Crippen molar-refractivity contribution in [1.82, 2.24) is 4.90 Å². The number of rotatable bonds is 1. The number of benzene rings is 1. The molecular weight excluding hydrogens is 255 g/mol. The normalized spacial score (nSPS) is 17.6. The van der Waals surface area contributed by atoms with E-state index in [1.165, 1.54) is 0 Å². The van der Waals surface area contributed by atoms with Gasteiger partial charge in [0.1, 0.15) is 0 Å². The molecule has 19 heavy (non-hydrogen) atoms. The van der Waals surface area contributed by atoms with Crippen LogP contribution in [0.4, 0.5) is 13.2 Å². The highest BCUT2D eigenvalue weighted by atomic mass is 19.4. The lowest BCUT2D eigenvalue weighted by Gasteiger charge is -2.31. The molecule has 1 aliphatic heterocycles. The lowest BCUT2D eigenvalue weighted by Crippen LogP contribution is -2.36. The zero-order chi connectivity index (χ0) is 14.0. The van der Waals surface area contributed by atoms with Crippen molar-refractivity contribution in [2.75, 3.05) is 13.1 Å². The summed E-state index contributed by atoms with van der Waals surface area (Å²) in [6, 6.07) is 5.37. The first-order valence-corrected chi connectivity index (χ1v) is 6.30. The number of carbonyl (C=O) groups is 1. The van der Waals surface area contributed by atoms with Crippen LogP contribution in [0.3, 0.4) is 0 Å². The number of hydrogen-bond acceptors (Lipinski definition) is 1. The van der Waals surface area contributed by atoms with E-state index in [1.807, 2.05) is 0 Å². The third-order valence-corrected chi connectivity index (χ3v) is 3.65. The van der Waals surface area contributed by atoms with Crippen LogP contribution in [0.25, 0.3) is 0 Å². The van der Waals surface area contributed by atoms with E-state index >= 15 is 0 Å². The van der Waals surface area contributed by atoms with Gasteiger partial charge in [0, 0.05) is 20.0 Å². The van der Waals surface area contributed by atoms with E-state index in [2.05, 4.69) is 0 Å². The van der Waals surface area contributed by atoms with E-state index in [1.54, 1.807) is 24.0 Å². The maximum atomic E-state index is 12.5. The fraction of sp³-hybridized carbons (Fsp3) is 0.500. The predicted octanol–water partition coefficient (Wildman–Crippen LogP) is 3.43. The van der Waals surface area contributed by atoms with E-state index in [4.69, 9.17) is 0 Å². The molecule has 0 unspecified atom stereocenters. The number of halogens is 3. The molecule has 1 heterocycles. The van der Waals surface area contributed by atoms with E-state index in [9.17, 15) is 18.0 Å². The molecule has 0 saturated carbocycles. The third-order valence-electron chi connectivity index (χ3n) is 3.65. The molecule has 2 rings (SSSR count). The van der Waals surface area contributed by atoms with Crippen LogP contribution in [-0.4, -0.2) is 23.9 Å². The summed E-state index contributed by atoms with van der Waals surface area (Å²) in [4.78, 5) is 13.0. The molecule has 0 aromatic heterocycles.